The van der Waals surface area contributed by atoms with Crippen molar-refractivity contribution in [2.24, 2.45) is 0 Å². The van der Waals surface area contributed by atoms with Gasteiger partial charge in [-0.15, -0.1) is 0 Å². The number of pyridine rings is 1. The van der Waals surface area contributed by atoms with Crippen molar-refractivity contribution >= 4 is 18.0 Å². The molecule has 1 saturated heterocycles. The molecular formula is C14H18N4O2. The van der Waals surface area contributed by atoms with E-state index in [9.17, 15) is 9.59 Å². The van der Waals surface area contributed by atoms with Gasteiger partial charge in [0.1, 0.15) is 0 Å². The first-order valence-corrected chi connectivity index (χ1v) is 6.96. The molecule has 2 heterocycles. The Bertz CT molecular complexity index is 508. The van der Waals surface area contributed by atoms with Gasteiger partial charge >= 0.3 is 0 Å². The molecule has 1 aromatic heterocycles. The topological polar surface area (TPSA) is 65.5 Å². The van der Waals surface area contributed by atoms with Gasteiger partial charge < -0.3 is 15.1 Å². The zero-order valence-corrected chi connectivity index (χ0v) is 11.3. The molecule has 0 unspecified atom stereocenters. The summed E-state index contributed by atoms with van der Waals surface area (Å²) in [6, 6.07) is 2.23. The lowest BCUT2D eigenvalue weighted by Gasteiger charge is -2.34. The van der Waals surface area contributed by atoms with Crippen molar-refractivity contribution in [2.45, 2.75) is 18.9 Å². The number of anilines is 1. The maximum absolute atomic E-state index is 12.0. The minimum atomic E-state index is -0.0478. The summed E-state index contributed by atoms with van der Waals surface area (Å²) in [5, 5.41) is 2.96. The zero-order valence-electron chi connectivity index (χ0n) is 11.3. The van der Waals surface area contributed by atoms with Crippen molar-refractivity contribution < 1.29 is 9.59 Å². The number of hydrogen-bond donors (Lipinski definition) is 1. The summed E-state index contributed by atoms with van der Waals surface area (Å²) in [6.07, 6.45) is 6.40. The van der Waals surface area contributed by atoms with Gasteiger partial charge in [0.25, 0.3) is 5.91 Å². The number of aromatic nitrogens is 1. The van der Waals surface area contributed by atoms with Crippen LogP contribution in [0.1, 0.15) is 23.2 Å². The minimum Gasteiger partial charge on any atom is -0.367 e. The van der Waals surface area contributed by atoms with Crippen molar-refractivity contribution in [3.63, 3.8) is 0 Å². The molecule has 2 aliphatic rings. The zero-order chi connectivity index (χ0) is 13.9. The average molecular weight is 274 g/mol. The fourth-order valence-corrected chi connectivity index (χ4v) is 2.31. The van der Waals surface area contributed by atoms with Crippen molar-refractivity contribution in [3.05, 3.63) is 24.0 Å². The molecular weight excluding hydrogens is 256 g/mol. The van der Waals surface area contributed by atoms with Crippen LogP contribution in [0.25, 0.3) is 0 Å². The summed E-state index contributed by atoms with van der Waals surface area (Å²) in [6.45, 7) is 2.96. The fourth-order valence-electron chi connectivity index (χ4n) is 2.31. The number of hydrogen-bond acceptors (Lipinski definition) is 4. The summed E-state index contributed by atoms with van der Waals surface area (Å²) in [5.41, 5.74) is 1.55. The van der Waals surface area contributed by atoms with Crippen LogP contribution in [0.3, 0.4) is 0 Å². The van der Waals surface area contributed by atoms with Gasteiger partial charge in [-0.05, 0) is 18.9 Å². The molecule has 0 spiro atoms. The number of nitrogens with one attached hydrogen (secondary N) is 1. The van der Waals surface area contributed by atoms with Crippen LogP contribution in [-0.4, -0.2) is 54.4 Å². The average Bonchev–Trinajstić information content (AvgIpc) is 3.31. The Labute approximate surface area is 117 Å². The maximum Gasteiger partial charge on any atom is 0.253 e. The van der Waals surface area contributed by atoms with Crippen LogP contribution < -0.4 is 10.2 Å². The summed E-state index contributed by atoms with van der Waals surface area (Å²) < 4.78 is 0. The molecule has 2 fully saturated rings. The van der Waals surface area contributed by atoms with E-state index in [4.69, 9.17) is 0 Å². The highest BCUT2D eigenvalue weighted by Gasteiger charge is 2.24. The number of amides is 2. The molecule has 1 saturated carbocycles. The number of carbonyl (C=O) groups is 2. The second-order valence-electron chi connectivity index (χ2n) is 5.31. The van der Waals surface area contributed by atoms with E-state index >= 15 is 0 Å². The molecule has 2 amide bonds. The molecule has 6 nitrogen and oxygen atoms in total. The summed E-state index contributed by atoms with van der Waals surface area (Å²) in [4.78, 5) is 30.8. The van der Waals surface area contributed by atoms with Crippen LogP contribution in [0.2, 0.25) is 0 Å². The van der Waals surface area contributed by atoms with Gasteiger partial charge in [-0.1, -0.05) is 0 Å². The summed E-state index contributed by atoms with van der Waals surface area (Å²) in [7, 11) is 0. The van der Waals surface area contributed by atoms with Gasteiger partial charge in [-0.25, -0.2) is 0 Å². The van der Waals surface area contributed by atoms with Gasteiger partial charge in [0, 0.05) is 38.4 Å². The van der Waals surface area contributed by atoms with Gasteiger partial charge in [0.05, 0.1) is 17.4 Å². The maximum atomic E-state index is 12.0. The second kappa shape index (κ2) is 5.48. The van der Waals surface area contributed by atoms with E-state index in [1.807, 2.05) is 6.07 Å². The number of piperazine rings is 1. The van der Waals surface area contributed by atoms with Crippen LogP contribution in [-0.2, 0) is 4.79 Å². The molecule has 20 heavy (non-hydrogen) atoms. The van der Waals surface area contributed by atoms with Crippen LogP contribution in [0, 0.1) is 0 Å². The van der Waals surface area contributed by atoms with Gasteiger partial charge in [-0.2, -0.15) is 0 Å². The van der Waals surface area contributed by atoms with Crippen molar-refractivity contribution in [2.75, 3.05) is 31.1 Å². The molecule has 1 N–H and O–H groups in total. The van der Waals surface area contributed by atoms with Gasteiger partial charge in [0.15, 0.2) is 0 Å². The third kappa shape index (κ3) is 2.89. The van der Waals surface area contributed by atoms with Gasteiger partial charge in [-0.3, -0.25) is 14.6 Å². The van der Waals surface area contributed by atoms with Gasteiger partial charge in [0.2, 0.25) is 6.41 Å². The van der Waals surface area contributed by atoms with E-state index in [-0.39, 0.29) is 5.91 Å². The van der Waals surface area contributed by atoms with Crippen molar-refractivity contribution in [1.29, 1.82) is 0 Å². The van der Waals surface area contributed by atoms with E-state index in [0.29, 0.717) is 24.7 Å². The summed E-state index contributed by atoms with van der Waals surface area (Å²) >= 11 is 0. The van der Waals surface area contributed by atoms with E-state index in [0.717, 1.165) is 38.0 Å². The minimum absolute atomic E-state index is 0.0478. The Kier molecular flexibility index (Phi) is 3.54. The lowest BCUT2D eigenvalue weighted by atomic mass is 10.2. The van der Waals surface area contributed by atoms with E-state index in [1.54, 1.807) is 17.3 Å². The van der Waals surface area contributed by atoms with E-state index in [2.05, 4.69) is 15.2 Å². The lowest BCUT2D eigenvalue weighted by molar-refractivity contribution is -0.118. The third-order valence-corrected chi connectivity index (χ3v) is 3.73. The molecule has 0 bridgehead atoms. The Morgan fingerprint density at radius 1 is 1.25 bits per heavy atom. The standard InChI is InChI=1S/C14H18N4O2/c19-10-17-3-5-18(6-4-17)13-7-11(8-15-9-13)14(20)16-12-1-2-12/h7-10,12H,1-6H2,(H,16,20). The predicted molar refractivity (Wildman–Crippen MR) is 74.6 cm³/mol. The first-order chi connectivity index (χ1) is 9.76. The quantitative estimate of drug-likeness (QED) is 0.799. The fraction of sp³-hybridized carbons (Fsp3) is 0.500. The SMILES string of the molecule is O=CN1CCN(c2cncc(C(=O)NC3CC3)c2)CC1. The van der Waals surface area contributed by atoms with E-state index in [1.165, 1.54) is 0 Å². The van der Waals surface area contributed by atoms with E-state index < -0.39 is 0 Å². The molecule has 0 aromatic carbocycles. The Morgan fingerprint density at radius 3 is 2.65 bits per heavy atom. The summed E-state index contributed by atoms with van der Waals surface area (Å²) in [5.74, 6) is -0.0478. The molecule has 1 aliphatic heterocycles. The van der Waals surface area contributed by atoms with Crippen LogP contribution >= 0.6 is 0 Å². The molecule has 1 aliphatic carbocycles. The molecule has 0 atom stereocenters. The first-order valence-electron chi connectivity index (χ1n) is 6.96. The number of nitrogens with zero attached hydrogens (tertiary/aromatic N) is 3. The number of rotatable bonds is 4. The highest BCUT2D eigenvalue weighted by atomic mass is 16.2. The first kappa shape index (κ1) is 12.9. The second-order valence-corrected chi connectivity index (χ2v) is 5.31. The Balaban J connectivity index is 1.67. The lowest BCUT2D eigenvalue weighted by Crippen LogP contribution is -2.45. The smallest absolute Gasteiger partial charge is 0.253 e. The van der Waals surface area contributed by atoms with Crippen LogP contribution in [0.15, 0.2) is 18.5 Å². The number of carbonyl (C=O) groups excluding carboxylic acids is 2. The molecule has 106 valence electrons. The molecule has 3 rings (SSSR count). The van der Waals surface area contributed by atoms with Crippen LogP contribution in [0.5, 0.6) is 0 Å². The third-order valence-electron chi connectivity index (χ3n) is 3.73. The molecule has 1 aromatic rings. The highest BCUT2D eigenvalue weighted by molar-refractivity contribution is 5.95. The highest BCUT2D eigenvalue weighted by Crippen LogP contribution is 2.20. The van der Waals surface area contributed by atoms with Crippen molar-refractivity contribution in [3.8, 4) is 0 Å². The predicted octanol–water partition coefficient (Wildman–Crippen LogP) is 0.252. The van der Waals surface area contributed by atoms with Crippen LogP contribution in [0.4, 0.5) is 5.69 Å². The molecule has 0 radical (unpaired) electrons. The molecule has 6 heteroatoms. The monoisotopic (exact) mass is 274 g/mol. The Morgan fingerprint density at radius 2 is 2.00 bits per heavy atom. The Hall–Kier alpha value is -2.11. The normalized spacial score (nSPS) is 18.8. The van der Waals surface area contributed by atoms with Crippen molar-refractivity contribution in [1.82, 2.24) is 15.2 Å². The largest absolute Gasteiger partial charge is 0.367 e.